The van der Waals surface area contributed by atoms with E-state index in [2.05, 4.69) is 20.4 Å². The summed E-state index contributed by atoms with van der Waals surface area (Å²) in [6, 6.07) is 5.59. The van der Waals surface area contributed by atoms with E-state index in [0.29, 0.717) is 11.6 Å². The van der Waals surface area contributed by atoms with E-state index >= 15 is 0 Å². The molecule has 27 heavy (non-hydrogen) atoms. The monoisotopic (exact) mass is 390 g/mol. The van der Waals surface area contributed by atoms with Crippen molar-refractivity contribution in [1.29, 1.82) is 0 Å². The fraction of sp³-hybridized carbons (Fsp3) is 0.125. The maximum absolute atomic E-state index is 13.4. The van der Waals surface area contributed by atoms with Crippen molar-refractivity contribution < 1.29 is 14.1 Å². The lowest BCUT2D eigenvalue weighted by Crippen LogP contribution is -2.29. The van der Waals surface area contributed by atoms with Gasteiger partial charge < -0.3 is 5.32 Å². The normalized spacial score (nSPS) is 11.8. The zero-order chi connectivity index (χ0) is 19.6. The van der Waals surface area contributed by atoms with Gasteiger partial charge in [0.15, 0.2) is 11.6 Å². The lowest BCUT2D eigenvalue weighted by molar-refractivity contribution is -0.385. The van der Waals surface area contributed by atoms with Crippen molar-refractivity contribution >= 4 is 23.2 Å². The highest BCUT2D eigenvalue weighted by atomic mass is 35.5. The van der Waals surface area contributed by atoms with Gasteiger partial charge in [-0.15, -0.1) is 0 Å². The molecule has 0 aliphatic carbocycles. The third-order valence-corrected chi connectivity index (χ3v) is 3.81. The number of carbonyl (C=O) groups is 1. The van der Waals surface area contributed by atoms with Crippen molar-refractivity contribution in [3.8, 4) is 5.82 Å². The average molecular weight is 391 g/mol. The summed E-state index contributed by atoms with van der Waals surface area (Å²) in [5.41, 5.74) is -0.101. The molecule has 0 bridgehead atoms. The minimum Gasteiger partial charge on any atom is -0.342 e. The van der Waals surface area contributed by atoms with Gasteiger partial charge in [0.05, 0.1) is 11.0 Å². The first-order valence-corrected chi connectivity index (χ1v) is 8.00. The van der Waals surface area contributed by atoms with Crippen LogP contribution >= 0.6 is 11.6 Å². The summed E-state index contributed by atoms with van der Waals surface area (Å²) < 4.78 is 14.8. The van der Waals surface area contributed by atoms with Gasteiger partial charge in [-0.3, -0.25) is 14.9 Å². The van der Waals surface area contributed by atoms with E-state index in [1.807, 2.05) is 0 Å². The number of nitrogens with zero attached hydrogens (tertiary/aromatic N) is 5. The summed E-state index contributed by atoms with van der Waals surface area (Å²) in [7, 11) is 0. The van der Waals surface area contributed by atoms with Gasteiger partial charge in [0.2, 0.25) is 0 Å². The summed E-state index contributed by atoms with van der Waals surface area (Å²) in [4.78, 5) is 30.6. The van der Waals surface area contributed by atoms with Gasteiger partial charge in [0.1, 0.15) is 18.3 Å². The number of hydrogen-bond acceptors (Lipinski definition) is 6. The van der Waals surface area contributed by atoms with Crippen LogP contribution in [0.3, 0.4) is 0 Å². The average Bonchev–Trinajstić information content (AvgIpc) is 3.10. The minimum absolute atomic E-state index is 0.0615. The molecule has 1 amide bonds. The van der Waals surface area contributed by atoms with Crippen molar-refractivity contribution in [1.82, 2.24) is 25.1 Å². The number of benzene rings is 1. The van der Waals surface area contributed by atoms with E-state index in [-0.39, 0.29) is 16.3 Å². The lowest BCUT2D eigenvalue weighted by atomic mass is 10.2. The highest BCUT2D eigenvalue weighted by molar-refractivity contribution is 6.31. The molecule has 0 aliphatic rings. The fourth-order valence-electron chi connectivity index (χ4n) is 2.36. The number of nitrogens with one attached hydrogen (secondary N) is 1. The van der Waals surface area contributed by atoms with Gasteiger partial charge in [-0.25, -0.2) is 14.4 Å². The van der Waals surface area contributed by atoms with E-state index in [0.717, 1.165) is 18.3 Å². The third kappa shape index (κ3) is 4.06. The quantitative estimate of drug-likeness (QED) is 0.529. The first-order valence-electron chi connectivity index (χ1n) is 7.63. The predicted molar refractivity (Wildman–Crippen MR) is 93.1 cm³/mol. The van der Waals surface area contributed by atoms with Crippen LogP contribution in [0.1, 0.15) is 29.1 Å². The van der Waals surface area contributed by atoms with Crippen LogP contribution in [-0.2, 0) is 0 Å². The molecule has 0 spiro atoms. The molecule has 0 aliphatic heterocycles. The van der Waals surface area contributed by atoms with Gasteiger partial charge in [-0.05, 0) is 31.2 Å². The van der Waals surface area contributed by atoms with Crippen molar-refractivity contribution in [2.75, 3.05) is 0 Å². The number of rotatable bonds is 5. The van der Waals surface area contributed by atoms with Crippen molar-refractivity contribution in [2.45, 2.75) is 13.0 Å². The zero-order valence-electron chi connectivity index (χ0n) is 13.8. The molecule has 0 saturated carbocycles. The molecule has 1 unspecified atom stereocenters. The van der Waals surface area contributed by atoms with Crippen LogP contribution in [0.2, 0.25) is 5.02 Å². The zero-order valence-corrected chi connectivity index (χ0v) is 14.6. The SMILES string of the molecule is CC(NC(=O)c1cc(F)cc(Cl)c1)c1ncnn1-c1ccc([N+](=O)[O-])cn1. The minimum atomic E-state index is -0.626. The third-order valence-electron chi connectivity index (χ3n) is 3.59. The Morgan fingerprint density at radius 3 is 2.74 bits per heavy atom. The second-order valence-electron chi connectivity index (χ2n) is 5.52. The smallest absolute Gasteiger partial charge is 0.287 e. The summed E-state index contributed by atoms with van der Waals surface area (Å²) >= 11 is 5.77. The van der Waals surface area contributed by atoms with Gasteiger partial charge in [0, 0.05) is 16.7 Å². The van der Waals surface area contributed by atoms with Crippen molar-refractivity contribution in [2.24, 2.45) is 0 Å². The molecule has 11 heteroatoms. The molecular formula is C16H12ClFN6O3. The molecule has 0 fully saturated rings. The first kappa shape index (κ1) is 18.4. The molecular weight excluding hydrogens is 379 g/mol. The number of amides is 1. The molecule has 2 aromatic heterocycles. The van der Waals surface area contributed by atoms with E-state index in [9.17, 15) is 19.3 Å². The topological polar surface area (TPSA) is 116 Å². The summed E-state index contributed by atoms with van der Waals surface area (Å²) in [6.07, 6.45) is 2.36. The number of halogens is 2. The molecule has 3 rings (SSSR count). The second kappa shape index (κ2) is 7.46. The van der Waals surface area contributed by atoms with Gasteiger partial charge >= 0.3 is 0 Å². The fourth-order valence-corrected chi connectivity index (χ4v) is 2.58. The molecule has 138 valence electrons. The van der Waals surface area contributed by atoms with Crippen LogP contribution in [0, 0.1) is 15.9 Å². The van der Waals surface area contributed by atoms with E-state index in [1.165, 1.54) is 29.2 Å². The molecule has 1 atom stereocenters. The molecule has 3 aromatic rings. The Kier molecular flexibility index (Phi) is 5.08. The number of carbonyl (C=O) groups excluding carboxylic acids is 1. The Balaban J connectivity index is 1.82. The van der Waals surface area contributed by atoms with Crippen LogP contribution in [0.4, 0.5) is 10.1 Å². The Morgan fingerprint density at radius 1 is 1.33 bits per heavy atom. The Labute approximate surface area is 157 Å². The van der Waals surface area contributed by atoms with E-state index in [4.69, 9.17) is 11.6 Å². The Bertz CT molecular complexity index is 987. The number of aromatic nitrogens is 4. The molecule has 1 N–H and O–H groups in total. The Morgan fingerprint density at radius 2 is 2.11 bits per heavy atom. The maximum atomic E-state index is 13.4. The first-order chi connectivity index (χ1) is 12.8. The van der Waals surface area contributed by atoms with Gasteiger partial charge in [-0.1, -0.05) is 11.6 Å². The largest absolute Gasteiger partial charge is 0.342 e. The molecule has 9 nitrogen and oxygen atoms in total. The van der Waals surface area contributed by atoms with E-state index < -0.39 is 22.7 Å². The Hall–Kier alpha value is -3.40. The highest BCUT2D eigenvalue weighted by Gasteiger charge is 2.19. The summed E-state index contributed by atoms with van der Waals surface area (Å²) in [6.45, 7) is 1.66. The number of nitro groups is 1. The van der Waals surface area contributed by atoms with Gasteiger partial charge in [0.25, 0.3) is 11.6 Å². The second-order valence-corrected chi connectivity index (χ2v) is 5.95. The molecule has 2 heterocycles. The molecule has 0 radical (unpaired) electrons. The lowest BCUT2D eigenvalue weighted by Gasteiger charge is -2.14. The number of pyridine rings is 1. The molecule has 1 aromatic carbocycles. The van der Waals surface area contributed by atoms with Crippen molar-refractivity contribution in [3.05, 3.63) is 75.2 Å². The van der Waals surface area contributed by atoms with Crippen molar-refractivity contribution in [3.63, 3.8) is 0 Å². The van der Waals surface area contributed by atoms with Crippen LogP contribution < -0.4 is 5.32 Å². The number of hydrogen-bond donors (Lipinski definition) is 1. The van der Waals surface area contributed by atoms with Crippen LogP contribution in [0.25, 0.3) is 5.82 Å². The summed E-state index contributed by atoms with van der Waals surface area (Å²) in [5, 5.41) is 17.5. The van der Waals surface area contributed by atoms with Gasteiger partial charge in [-0.2, -0.15) is 9.78 Å². The highest BCUT2D eigenvalue weighted by Crippen LogP contribution is 2.18. The molecule has 0 saturated heterocycles. The standard InChI is InChI=1S/C16H12ClFN6O3/c1-9(22-16(25)10-4-11(17)6-12(18)5-10)15-20-8-21-23(15)14-3-2-13(7-19-14)24(26)27/h2-9H,1H3,(H,22,25). The summed E-state index contributed by atoms with van der Waals surface area (Å²) in [5.74, 6) is -0.538. The van der Waals surface area contributed by atoms with Crippen LogP contribution in [-0.4, -0.2) is 30.6 Å². The predicted octanol–water partition coefficient (Wildman–Crippen LogP) is 2.85. The van der Waals surface area contributed by atoms with E-state index in [1.54, 1.807) is 6.92 Å². The maximum Gasteiger partial charge on any atom is 0.287 e. The van der Waals surface area contributed by atoms with Crippen LogP contribution in [0.5, 0.6) is 0 Å². The van der Waals surface area contributed by atoms with Crippen LogP contribution in [0.15, 0.2) is 42.9 Å².